The van der Waals surface area contributed by atoms with Gasteiger partial charge in [0.05, 0.1) is 12.3 Å². The minimum absolute atomic E-state index is 0.212. The van der Waals surface area contributed by atoms with Gasteiger partial charge in [-0.3, -0.25) is 0 Å². The van der Waals surface area contributed by atoms with Gasteiger partial charge in [-0.15, -0.1) is 11.3 Å². The predicted octanol–water partition coefficient (Wildman–Crippen LogP) is 2.96. The summed E-state index contributed by atoms with van der Waals surface area (Å²) in [5, 5.41) is 9.86. The van der Waals surface area contributed by atoms with Crippen molar-refractivity contribution in [1.29, 1.82) is 0 Å². The van der Waals surface area contributed by atoms with E-state index in [1.807, 2.05) is 31.2 Å². The van der Waals surface area contributed by atoms with Crippen LogP contribution in [0.4, 0.5) is 0 Å². The van der Waals surface area contributed by atoms with Crippen LogP contribution < -0.4 is 0 Å². The van der Waals surface area contributed by atoms with Gasteiger partial charge in [-0.2, -0.15) is 0 Å². The van der Waals surface area contributed by atoms with Crippen molar-refractivity contribution in [1.82, 2.24) is 4.98 Å². The lowest BCUT2D eigenvalue weighted by atomic mass is 10.1. The minimum Gasteiger partial charge on any atom is -0.477 e. The molecule has 94 valence electrons. The van der Waals surface area contributed by atoms with Crippen molar-refractivity contribution in [3.8, 4) is 10.6 Å². The number of methoxy groups -OCH3 is 1. The zero-order chi connectivity index (χ0) is 13.1. The molecule has 5 heteroatoms. The molecule has 1 aromatic carbocycles. The highest BCUT2D eigenvalue weighted by Gasteiger charge is 2.18. The molecule has 0 aliphatic carbocycles. The molecule has 0 fully saturated rings. The molecule has 0 aliphatic rings. The molecular weight excluding hydrogens is 250 g/mol. The number of carboxylic acids is 1. The van der Waals surface area contributed by atoms with E-state index in [1.165, 1.54) is 18.4 Å². The second-order valence-corrected chi connectivity index (χ2v) is 4.85. The van der Waals surface area contributed by atoms with E-state index in [9.17, 15) is 4.79 Å². The molecule has 0 spiro atoms. The molecule has 0 saturated heterocycles. The number of aryl methyl sites for hydroxylation is 1. The standard InChI is InChI=1S/C13H13NO3S/c1-8-5-3-4-6-9(8)12-14-10(7-17-2)11(18-12)13(15)16/h3-6H,7H2,1-2H3,(H,15,16). The van der Waals surface area contributed by atoms with E-state index >= 15 is 0 Å². The maximum Gasteiger partial charge on any atom is 0.347 e. The van der Waals surface area contributed by atoms with Gasteiger partial charge < -0.3 is 9.84 Å². The molecule has 0 radical (unpaired) electrons. The zero-order valence-electron chi connectivity index (χ0n) is 10.1. The van der Waals surface area contributed by atoms with Crippen molar-refractivity contribution < 1.29 is 14.6 Å². The molecular formula is C13H13NO3S. The van der Waals surface area contributed by atoms with Gasteiger partial charge in [0.1, 0.15) is 9.88 Å². The first-order valence-electron chi connectivity index (χ1n) is 5.41. The highest BCUT2D eigenvalue weighted by atomic mass is 32.1. The summed E-state index contributed by atoms with van der Waals surface area (Å²) in [6, 6.07) is 7.78. The number of thiazole rings is 1. The first-order chi connectivity index (χ1) is 8.63. The van der Waals surface area contributed by atoms with E-state index in [2.05, 4.69) is 4.98 Å². The molecule has 0 unspecified atom stereocenters. The number of rotatable bonds is 4. The monoisotopic (exact) mass is 263 g/mol. The molecule has 0 atom stereocenters. The Kier molecular flexibility index (Phi) is 3.74. The number of hydrogen-bond acceptors (Lipinski definition) is 4. The number of nitrogens with zero attached hydrogens (tertiary/aromatic N) is 1. The van der Waals surface area contributed by atoms with Crippen LogP contribution in [0, 0.1) is 6.92 Å². The summed E-state index contributed by atoms with van der Waals surface area (Å²) in [7, 11) is 1.53. The predicted molar refractivity (Wildman–Crippen MR) is 70.0 cm³/mol. The van der Waals surface area contributed by atoms with Crippen LogP contribution in [0.3, 0.4) is 0 Å². The smallest absolute Gasteiger partial charge is 0.347 e. The van der Waals surface area contributed by atoms with Crippen LogP contribution in [0.15, 0.2) is 24.3 Å². The van der Waals surface area contributed by atoms with E-state index in [4.69, 9.17) is 9.84 Å². The van der Waals surface area contributed by atoms with Gasteiger partial charge in [-0.25, -0.2) is 9.78 Å². The molecule has 1 N–H and O–H groups in total. The Hall–Kier alpha value is -1.72. The van der Waals surface area contributed by atoms with Gasteiger partial charge in [0.2, 0.25) is 0 Å². The third-order valence-electron chi connectivity index (χ3n) is 2.55. The second-order valence-electron chi connectivity index (χ2n) is 3.85. The molecule has 0 bridgehead atoms. The van der Waals surface area contributed by atoms with E-state index in [-0.39, 0.29) is 11.5 Å². The fourth-order valence-electron chi connectivity index (χ4n) is 1.68. The number of aromatic carboxylic acids is 1. The topological polar surface area (TPSA) is 59.4 Å². The van der Waals surface area contributed by atoms with Crippen LogP contribution >= 0.6 is 11.3 Å². The summed E-state index contributed by atoms with van der Waals surface area (Å²) in [6.07, 6.45) is 0. The van der Waals surface area contributed by atoms with Crippen molar-refractivity contribution >= 4 is 17.3 Å². The highest BCUT2D eigenvalue weighted by Crippen LogP contribution is 2.30. The van der Waals surface area contributed by atoms with Gasteiger partial charge in [-0.05, 0) is 12.5 Å². The summed E-state index contributed by atoms with van der Waals surface area (Å²) in [5.74, 6) is -0.959. The molecule has 2 rings (SSSR count). The van der Waals surface area contributed by atoms with Gasteiger partial charge in [0.15, 0.2) is 0 Å². The third kappa shape index (κ3) is 2.42. The first-order valence-corrected chi connectivity index (χ1v) is 6.23. The average Bonchev–Trinajstić information content (AvgIpc) is 2.74. The Morgan fingerprint density at radius 1 is 1.44 bits per heavy atom. The number of hydrogen-bond donors (Lipinski definition) is 1. The minimum atomic E-state index is -0.959. The molecule has 0 saturated carbocycles. The Labute approximate surface area is 109 Å². The van der Waals surface area contributed by atoms with Gasteiger partial charge in [0.25, 0.3) is 0 Å². The highest BCUT2D eigenvalue weighted by molar-refractivity contribution is 7.17. The zero-order valence-corrected chi connectivity index (χ0v) is 11.0. The van der Waals surface area contributed by atoms with Crippen molar-refractivity contribution in [2.45, 2.75) is 13.5 Å². The van der Waals surface area contributed by atoms with Crippen LogP contribution in [0.1, 0.15) is 20.9 Å². The maximum absolute atomic E-state index is 11.1. The van der Waals surface area contributed by atoms with Crippen LogP contribution in [-0.4, -0.2) is 23.2 Å². The van der Waals surface area contributed by atoms with Crippen LogP contribution in [0.2, 0.25) is 0 Å². The van der Waals surface area contributed by atoms with Gasteiger partial charge in [-0.1, -0.05) is 24.3 Å². The number of aromatic nitrogens is 1. The van der Waals surface area contributed by atoms with E-state index in [0.717, 1.165) is 16.1 Å². The molecule has 0 amide bonds. The number of carboxylic acid groups (broad SMARTS) is 1. The quantitative estimate of drug-likeness (QED) is 0.921. The molecule has 18 heavy (non-hydrogen) atoms. The fourth-order valence-corrected chi connectivity index (χ4v) is 2.68. The largest absolute Gasteiger partial charge is 0.477 e. The molecule has 1 aromatic heterocycles. The number of carbonyl (C=O) groups is 1. The summed E-state index contributed by atoms with van der Waals surface area (Å²) in [6.45, 7) is 2.19. The van der Waals surface area contributed by atoms with Crippen LogP contribution in [-0.2, 0) is 11.3 Å². The molecule has 0 aliphatic heterocycles. The van der Waals surface area contributed by atoms with Crippen molar-refractivity contribution in [3.05, 3.63) is 40.4 Å². The number of ether oxygens (including phenoxy) is 1. The summed E-state index contributed by atoms with van der Waals surface area (Å²) >= 11 is 1.18. The maximum atomic E-state index is 11.1. The Balaban J connectivity index is 2.50. The van der Waals surface area contributed by atoms with E-state index in [0.29, 0.717) is 5.69 Å². The molecule has 1 heterocycles. The van der Waals surface area contributed by atoms with Crippen molar-refractivity contribution in [2.75, 3.05) is 7.11 Å². The lowest BCUT2D eigenvalue weighted by Gasteiger charge is -2.00. The molecule has 2 aromatic rings. The van der Waals surface area contributed by atoms with Gasteiger partial charge >= 0.3 is 5.97 Å². The third-order valence-corrected chi connectivity index (χ3v) is 3.67. The second kappa shape index (κ2) is 5.29. The van der Waals surface area contributed by atoms with E-state index in [1.54, 1.807) is 0 Å². The lowest BCUT2D eigenvalue weighted by Crippen LogP contribution is -1.99. The lowest BCUT2D eigenvalue weighted by molar-refractivity contribution is 0.0697. The fraction of sp³-hybridized carbons (Fsp3) is 0.231. The van der Waals surface area contributed by atoms with Crippen LogP contribution in [0.25, 0.3) is 10.6 Å². The van der Waals surface area contributed by atoms with Crippen molar-refractivity contribution in [2.24, 2.45) is 0 Å². The first kappa shape index (κ1) is 12.7. The Morgan fingerprint density at radius 3 is 2.78 bits per heavy atom. The molecule has 4 nitrogen and oxygen atoms in total. The van der Waals surface area contributed by atoms with Crippen molar-refractivity contribution in [3.63, 3.8) is 0 Å². The number of benzene rings is 1. The van der Waals surface area contributed by atoms with Crippen LogP contribution in [0.5, 0.6) is 0 Å². The van der Waals surface area contributed by atoms with Gasteiger partial charge in [0, 0.05) is 12.7 Å². The summed E-state index contributed by atoms with van der Waals surface area (Å²) in [5.41, 5.74) is 2.52. The Morgan fingerprint density at radius 2 is 2.17 bits per heavy atom. The average molecular weight is 263 g/mol. The SMILES string of the molecule is COCc1nc(-c2ccccc2C)sc1C(=O)O. The van der Waals surface area contributed by atoms with E-state index < -0.39 is 5.97 Å². The Bertz CT molecular complexity index is 577. The summed E-state index contributed by atoms with van der Waals surface area (Å²) < 4.78 is 4.98. The normalized spacial score (nSPS) is 10.6. The summed E-state index contributed by atoms with van der Waals surface area (Å²) in [4.78, 5) is 15.8.